The van der Waals surface area contributed by atoms with E-state index >= 15 is 0 Å². The Bertz CT molecular complexity index is 866. The van der Waals surface area contributed by atoms with E-state index in [1.807, 2.05) is 0 Å². The highest BCUT2D eigenvalue weighted by Gasteiger charge is 2.19. The number of H-pyrrole nitrogens is 1. The first-order valence-electron chi connectivity index (χ1n) is 5.57. The molecule has 0 unspecified atom stereocenters. The number of nitrogens with one attached hydrogen (secondary N) is 1. The van der Waals surface area contributed by atoms with E-state index in [9.17, 15) is 13.2 Å². The van der Waals surface area contributed by atoms with Gasteiger partial charge in [-0.2, -0.15) is 5.10 Å². The summed E-state index contributed by atoms with van der Waals surface area (Å²) < 4.78 is 24.7. The summed E-state index contributed by atoms with van der Waals surface area (Å²) in [5, 5.41) is 6.71. The second-order valence-corrected chi connectivity index (χ2v) is 5.86. The molecule has 2 rings (SSSR count). The Morgan fingerprint density at radius 2 is 2.20 bits per heavy atom. The van der Waals surface area contributed by atoms with Crippen LogP contribution in [0, 0.1) is 0 Å². The number of nitrogens with two attached hydrogens (primary N) is 1. The summed E-state index contributed by atoms with van der Waals surface area (Å²) in [6, 6.07) is 4.15. The molecule has 1 aromatic carbocycles. The Hall–Kier alpha value is -2.48. The first-order valence-corrected chi connectivity index (χ1v) is 7.05. The molecule has 1 heterocycles. The topological polar surface area (TPSA) is 118 Å². The minimum absolute atomic E-state index is 0.0222. The maximum absolute atomic E-state index is 12.3. The van der Waals surface area contributed by atoms with Gasteiger partial charge < -0.3 is 5.73 Å². The number of benzene rings is 1. The number of hydrogen-bond donors (Lipinski definition) is 2. The highest BCUT2D eigenvalue weighted by Crippen LogP contribution is 2.21. The van der Waals surface area contributed by atoms with Crippen molar-refractivity contribution in [2.24, 2.45) is 10.7 Å². The van der Waals surface area contributed by atoms with Crippen LogP contribution >= 0.6 is 0 Å². The molecular weight excluding hydrogens is 280 g/mol. The number of allylic oxidation sites excluding steroid dienone is 1. The predicted octanol–water partition coefficient (Wildman–Crippen LogP) is 0.198. The van der Waals surface area contributed by atoms with Crippen LogP contribution in [0.2, 0.25) is 0 Å². The van der Waals surface area contributed by atoms with Gasteiger partial charge in [-0.15, -0.1) is 0 Å². The van der Waals surface area contributed by atoms with E-state index in [4.69, 9.17) is 5.73 Å². The van der Waals surface area contributed by atoms with Crippen molar-refractivity contribution in [3.05, 3.63) is 45.9 Å². The summed E-state index contributed by atoms with van der Waals surface area (Å²) in [6.45, 7) is 0. The number of aromatic nitrogens is 2. The van der Waals surface area contributed by atoms with Crippen LogP contribution in [0.3, 0.4) is 0 Å². The van der Waals surface area contributed by atoms with Crippen LogP contribution in [-0.4, -0.2) is 31.9 Å². The quantitative estimate of drug-likeness (QED) is 0.783. The Kier molecular flexibility index (Phi) is 3.66. The number of nitrogens with zero attached hydrogens (tertiary/aromatic N) is 2. The molecule has 0 saturated carbocycles. The third-order valence-electron chi connectivity index (χ3n) is 2.68. The van der Waals surface area contributed by atoms with Crippen LogP contribution < -0.4 is 11.3 Å². The standard InChI is InChI=1S/C12H12N4O3S/c1-14-7-10(5-13)20(18,19)9-2-3-11-8(4-9)6-15-16-12(11)17/h2-7H,13H2,1H3,(H,16,17). The fourth-order valence-corrected chi connectivity index (χ4v) is 2.93. The Morgan fingerprint density at radius 3 is 2.85 bits per heavy atom. The van der Waals surface area contributed by atoms with E-state index in [-0.39, 0.29) is 15.4 Å². The number of hydrogen-bond acceptors (Lipinski definition) is 6. The molecule has 104 valence electrons. The Morgan fingerprint density at radius 1 is 1.45 bits per heavy atom. The minimum atomic E-state index is -3.77. The van der Waals surface area contributed by atoms with Gasteiger partial charge in [0.2, 0.25) is 9.84 Å². The van der Waals surface area contributed by atoms with Crippen molar-refractivity contribution in [3.63, 3.8) is 0 Å². The third kappa shape index (κ3) is 2.32. The molecule has 0 saturated heterocycles. The van der Waals surface area contributed by atoms with Crippen molar-refractivity contribution in [2.75, 3.05) is 7.05 Å². The van der Waals surface area contributed by atoms with Gasteiger partial charge in [-0.1, -0.05) is 0 Å². The van der Waals surface area contributed by atoms with Crippen molar-refractivity contribution in [1.29, 1.82) is 0 Å². The third-order valence-corrected chi connectivity index (χ3v) is 4.42. The normalized spacial score (nSPS) is 13.2. The molecule has 0 bridgehead atoms. The van der Waals surface area contributed by atoms with Gasteiger partial charge in [0.05, 0.1) is 16.5 Å². The van der Waals surface area contributed by atoms with Gasteiger partial charge in [-0.3, -0.25) is 9.79 Å². The number of aliphatic imine (C=N–C) groups is 1. The molecule has 0 aliphatic rings. The number of rotatable bonds is 3. The van der Waals surface area contributed by atoms with Crippen molar-refractivity contribution in [1.82, 2.24) is 10.2 Å². The van der Waals surface area contributed by atoms with Gasteiger partial charge in [0.25, 0.3) is 5.56 Å². The van der Waals surface area contributed by atoms with Crippen LogP contribution in [-0.2, 0) is 9.84 Å². The average Bonchev–Trinajstić information content (AvgIpc) is 2.44. The van der Waals surface area contributed by atoms with Gasteiger partial charge in [0.1, 0.15) is 4.91 Å². The second-order valence-electron chi connectivity index (χ2n) is 3.91. The molecule has 0 amide bonds. The molecule has 0 aliphatic carbocycles. The maximum atomic E-state index is 12.3. The number of aromatic amines is 1. The van der Waals surface area contributed by atoms with E-state index in [2.05, 4.69) is 15.2 Å². The molecule has 1 aromatic heterocycles. The molecule has 2 aromatic rings. The average molecular weight is 292 g/mol. The molecule has 3 N–H and O–H groups in total. The lowest BCUT2D eigenvalue weighted by Crippen LogP contribution is -2.10. The molecule has 0 fully saturated rings. The Balaban J connectivity index is 2.67. The predicted molar refractivity (Wildman–Crippen MR) is 76.2 cm³/mol. The van der Waals surface area contributed by atoms with E-state index in [0.717, 1.165) is 12.4 Å². The molecule has 0 atom stereocenters. The summed E-state index contributed by atoms with van der Waals surface area (Å²) in [7, 11) is -2.32. The zero-order valence-electron chi connectivity index (χ0n) is 10.6. The zero-order chi connectivity index (χ0) is 14.8. The van der Waals surface area contributed by atoms with Gasteiger partial charge in [0, 0.05) is 24.8 Å². The van der Waals surface area contributed by atoms with Gasteiger partial charge >= 0.3 is 0 Å². The van der Waals surface area contributed by atoms with E-state index in [1.54, 1.807) is 0 Å². The Labute approximate surface area is 114 Å². The molecule has 8 heteroatoms. The fourth-order valence-electron chi connectivity index (χ4n) is 1.71. The summed E-state index contributed by atoms with van der Waals surface area (Å²) in [4.78, 5) is 15.1. The van der Waals surface area contributed by atoms with Crippen molar-refractivity contribution in [3.8, 4) is 0 Å². The van der Waals surface area contributed by atoms with Crippen LogP contribution in [0.15, 0.2) is 50.2 Å². The molecule has 0 radical (unpaired) electrons. The monoisotopic (exact) mass is 292 g/mol. The lowest BCUT2D eigenvalue weighted by molar-refractivity contribution is 0.603. The largest absolute Gasteiger partial charge is 0.403 e. The summed E-state index contributed by atoms with van der Waals surface area (Å²) in [5.41, 5.74) is 4.94. The lowest BCUT2D eigenvalue weighted by Gasteiger charge is -2.05. The summed E-state index contributed by atoms with van der Waals surface area (Å²) in [6.07, 6.45) is 3.52. The smallest absolute Gasteiger partial charge is 0.272 e. The van der Waals surface area contributed by atoms with Gasteiger partial charge in [0.15, 0.2) is 0 Å². The second kappa shape index (κ2) is 5.25. The molecule has 0 aliphatic heterocycles. The van der Waals surface area contributed by atoms with Gasteiger partial charge in [-0.25, -0.2) is 13.5 Å². The van der Waals surface area contributed by atoms with Crippen molar-refractivity contribution in [2.45, 2.75) is 4.90 Å². The van der Waals surface area contributed by atoms with Crippen LogP contribution in [0.1, 0.15) is 0 Å². The highest BCUT2D eigenvalue weighted by molar-refractivity contribution is 7.96. The SMILES string of the molecule is CN=CC(=CN)S(=O)(=O)c1ccc2c(=O)[nH]ncc2c1. The van der Waals surface area contributed by atoms with Crippen molar-refractivity contribution >= 4 is 26.8 Å². The van der Waals surface area contributed by atoms with Crippen LogP contribution in [0.25, 0.3) is 10.8 Å². The molecule has 7 nitrogen and oxygen atoms in total. The molecule has 0 spiro atoms. The van der Waals surface area contributed by atoms with E-state index in [0.29, 0.717) is 10.8 Å². The maximum Gasteiger partial charge on any atom is 0.272 e. The van der Waals surface area contributed by atoms with Gasteiger partial charge in [-0.05, 0) is 18.2 Å². The highest BCUT2D eigenvalue weighted by atomic mass is 32.2. The number of fused-ring (bicyclic) bond motifs is 1. The lowest BCUT2D eigenvalue weighted by atomic mass is 10.2. The number of sulfone groups is 1. The van der Waals surface area contributed by atoms with Crippen LogP contribution in [0.5, 0.6) is 0 Å². The van der Waals surface area contributed by atoms with Crippen LogP contribution in [0.4, 0.5) is 0 Å². The van der Waals surface area contributed by atoms with E-state index < -0.39 is 9.84 Å². The first kappa shape index (κ1) is 13.9. The summed E-state index contributed by atoms with van der Waals surface area (Å²) in [5.74, 6) is 0. The first-order chi connectivity index (χ1) is 9.50. The fraction of sp³-hybridized carbons (Fsp3) is 0.0833. The van der Waals surface area contributed by atoms with Crippen molar-refractivity contribution < 1.29 is 8.42 Å². The molecule has 20 heavy (non-hydrogen) atoms. The minimum Gasteiger partial charge on any atom is -0.403 e. The summed E-state index contributed by atoms with van der Waals surface area (Å²) >= 11 is 0. The van der Waals surface area contributed by atoms with E-state index in [1.165, 1.54) is 31.4 Å². The molecular formula is C12H12N4O3S. The zero-order valence-corrected chi connectivity index (χ0v) is 11.4.